The van der Waals surface area contributed by atoms with Gasteiger partial charge in [0, 0.05) is 17.9 Å². The van der Waals surface area contributed by atoms with Crippen LogP contribution in [0.4, 0.5) is 0 Å². The zero-order valence-corrected chi connectivity index (χ0v) is 9.75. The fourth-order valence-corrected chi connectivity index (χ4v) is 1.14. The van der Waals surface area contributed by atoms with Gasteiger partial charge in [0.25, 0.3) is 0 Å². The van der Waals surface area contributed by atoms with Gasteiger partial charge in [0.1, 0.15) is 5.84 Å². The number of terminal acetylenes is 1. The summed E-state index contributed by atoms with van der Waals surface area (Å²) in [7, 11) is 0. The fourth-order valence-electron chi connectivity index (χ4n) is 1.14. The van der Waals surface area contributed by atoms with Gasteiger partial charge in [-0.25, -0.2) is 0 Å². The number of hydrogen-bond donors (Lipinski definition) is 3. The maximum Gasteiger partial charge on any atom is 0.144 e. The molecule has 0 aliphatic heterocycles. The first kappa shape index (κ1) is 13.8. The smallest absolute Gasteiger partial charge is 0.144 e. The lowest BCUT2D eigenvalue weighted by molar-refractivity contribution is 0.304. The Morgan fingerprint density at radius 2 is 2.27 bits per heavy atom. The first-order chi connectivity index (χ1) is 6.94. The summed E-state index contributed by atoms with van der Waals surface area (Å²) in [6, 6.07) is 0.304. The van der Waals surface area contributed by atoms with Crippen molar-refractivity contribution in [2.45, 2.75) is 39.7 Å². The van der Waals surface area contributed by atoms with E-state index in [0.29, 0.717) is 12.5 Å². The summed E-state index contributed by atoms with van der Waals surface area (Å²) in [4.78, 5) is 0. The summed E-state index contributed by atoms with van der Waals surface area (Å²) in [5.41, 5.74) is 5.27. The van der Waals surface area contributed by atoms with E-state index in [-0.39, 0.29) is 11.3 Å². The van der Waals surface area contributed by atoms with Crippen molar-refractivity contribution in [3.63, 3.8) is 0 Å². The van der Waals surface area contributed by atoms with Crippen molar-refractivity contribution in [3.8, 4) is 12.3 Å². The van der Waals surface area contributed by atoms with E-state index < -0.39 is 0 Å². The molecular weight excluding hydrogens is 190 g/mol. The van der Waals surface area contributed by atoms with Crippen LogP contribution in [0.25, 0.3) is 0 Å². The number of rotatable bonds is 6. The average Bonchev–Trinajstić information content (AvgIpc) is 2.16. The molecule has 0 heterocycles. The lowest BCUT2D eigenvalue weighted by Crippen LogP contribution is -2.36. The van der Waals surface area contributed by atoms with Crippen LogP contribution >= 0.6 is 0 Å². The molecule has 0 radical (unpaired) electrons. The van der Waals surface area contributed by atoms with Crippen molar-refractivity contribution in [2.75, 3.05) is 6.54 Å². The second-order valence-corrected chi connectivity index (χ2v) is 4.38. The lowest BCUT2D eigenvalue weighted by atomic mass is 9.88. The van der Waals surface area contributed by atoms with Crippen LogP contribution in [-0.2, 0) is 0 Å². The van der Waals surface area contributed by atoms with E-state index in [0.717, 1.165) is 13.0 Å². The van der Waals surface area contributed by atoms with Gasteiger partial charge in [-0.1, -0.05) is 19.0 Å². The Balaban J connectivity index is 3.91. The van der Waals surface area contributed by atoms with Crippen molar-refractivity contribution in [3.05, 3.63) is 0 Å². The lowest BCUT2D eigenvalue weighted by Gasteiger charge is -2.23. The first-order valence-electron chi connectivity index (χ1n) is 5.09. The molecule has 0 aliphatic carbocycles. The summed E-state index contributed by atoms with van der Waals surface area (Å²) in [5.74, 6) is 2.86. The van der Waals surface area contributed by atoms with Crippen LogP contribution in [-0.4, -0.2) is 23.6 Å². The van der Waals surface area contributed by atoms with Gasteiger partial charge in [0.05, 0.1) is 0 Å². The zero-order chi connectivity index (χ0) is 11.9. The molecule has 0 spiro atoms. The van der Waals surface area contributed by atoms with Crippen molar-refractivity contribution >= 4 is 5.84 Å². The highest BCUT2D eigenvalue weighted by atomic mass is 16.4. The van der Waals surface area contributed by atoms with Gasteiger partial charge in [0.2, 0.25) is 0 Å². The topological polar surface area (TPSA) is 70.6 Å². The third-order valence-electron chi connectivity index (χ3n) is 2.47. The largest absolute Gasteiger partial charge is 0.409 e. The number of amidine groups is 1. The van der Waals surface area contributed by atoms with Gasteiger partial charge < -0.3 is 16.3 Å². The van der Waals surface area contributed by atoms with Crippen LogP contribution in [0.1, 0.15) is 33.6 Å². The number of nitrogens with one attached hydrogen (secondary N) is 1. The Morgan fingerprint density at radius 3 is 2.73 bits per heavy atom. The molecule has 0 bridgehead atoms. The first-order valence-corrected chi connectivity index (χ1v) is 5.09. The van der Waals surface area contributed by atoms with Crippen molar-refractivity contribution in [1.82, 2.24) is 5.32 Å². The fraction of sp³-hybridized carbons (Fsp3) is 0.727. The average molecular weight is 211 g/mol. The van der Waals surface area contributed by atoms with Crippen LogP contribution in [0.3, 0.4) is 0 Å². The van der Waals surface area contributed by atoms with Gasteiger partial charge in [-0.05, 0) is 19.9 Å². The molecule has 0 aliphatic rings. The second-order valence-electron chi connectivity index (χ2n) is 4.38. The highest BCUT2D eigenvalue weighted by molar-refractivity contribution is 5.85. The normalized spacial score (nSPS) is 14.7. The minimum absolute atomic E-state index is 0.258. The molecule has 0 amide bonds. The quantitative estimate of drug-likeness (QED) is 0.203. The summed E-state index contributed by atoms with van der Waals surface area (Å²) in [6.07, 6.45) is 6.71. The Labute approximate surface area is 91.9 Å². The highest BCUT2D eigenvalue weighted by Crippen LogP contribution is 2.19. The zero-order valence-electron chi connectivity index (χ0n) is 9.75. The molecule has 4 nitrogen and oxygen atoms in total. The second kappa shape index (κ2) is 6.31. The molecule has 86 valence electrons. The maximum absolute atomic E-state index is 8.58. The van der Waals surface area contributed by atoms with E-state index in [1.54, 1.807) is 0 Å². The van der Waals surface area contributed by atoms with Crippen LogP contribution < -0.4 is 11.1 Å². The van der Waals surface area contributed by atoms with Crippen molar-refractivity contribution in [2.24, 2.45) is 16.3 Å². The van der Waals surface area contributed by atoms with Crippen LogP contribution in [0, 0.1) is 17.8 Å². The number of nitrogens with zero attached hydrogens (tertiary/aromatic N) is 1. The summed E-state index contributed by atoms with van der Waals surface area (Å²) in [6.45, 7) is 6.72. The van der Waals surface area contributed by atoms with E-state index in [9.17, 15) is 0 Å². The third-order valence-corrected chi connectivity index (χ3v) is 2.47. The number of nitrogens with two attached hydrogens (primary N) is 1. The molecule has 0 aromatic heterocycles. The van der Waals surface area contributed by atoms with E-state index in [2.05, 4.69) is 16.4 Å². The summed E-state index contributed by atoms with van der Waals surface area (Å²) >= 11 is 0. The SMILES string of the molecule is C#CCC(C)NCCC(C)(C)C(N)=NO. The van der Waals surface area contributed by atoms with Gasteiger partial charge in [-0.2, -0.15) is 0 Å². The van der Waals surface area contributed by atoms with Crippen LogP contribution in [0.5, 0.6) is 0 Å². The maximum atomic E-state index is 8.58. The van der Waals surface area contributed by atoms with Gasteiger partial charge in [-0.3, -0.25) is 0 Å². The molecule has 0 aromatic carbocycles. The summed E-state index contributed by atoms with van der Waals surface area (Å²) < 4.78 is 0. The molecule has 0 aromatic rings. The van der Waals surface area contributed by atoms with Crippen molar-refractivity contribution in [1.29, 1.82) is 0 Å². The molecule has 15 heavy (non-hydrogen) atoms. The van der Waals surface area contributed by atoms with E-state index in [4.69, 9.17) is 17.4 Å². The van der Waals surface area contributed by atoms with Gasteiger partial charge in [0.15, 0.2) is 0 Å². The number of hydrogen-bond acceptors (Lipinski definition) is 3. The summed E-state index contributed by atoms with van der Waals surface area (Å²) in [5, 5.41) is 14.9. The van der Waals surface area contributed by atoms with Crippen LogP contribution in [0.2, 0.25) is 0 Å². The Bertz CT molecular complexity index is 253. The molecule has 0 fully saturated rings. The van der Waals surface area contributed by atoms with Crippen molar-refractivity contribution < 1.29 is 5.21 Å². The predicted octanol–water partition coefficient (Wildman–Crippen LogP) is 1.15. The standard InChI is InChI=1S/C11H21N3O/c1-5-6-9(2)13-8-7-11(3,4)10(12)14-15/h1,9,13,15H,6-8H2,2-4H3,(H2,12,14). The highest BCUT2D eigenvalue weighted by Gasteiger charge is 2.22. The predicted molar refractivity (Wildman–Crippen MR) is 62.7 cm³/mol. The number of oxime groups is 1. The van der Waals surface area contributed by atoms with E-state index in [1.807, 2.05) is 20.8 Å². The molecule has 0 rings (SSSR count). The van der Waals surface area contributed by atoms with E-state index >= 15 is 0 Å². The monoisotopic (exact) mass is 211 g/mol. The van der Waals surface area contributed by atoms with Crippen LogP contribution in [0.15, 0.2) is 5.16 Å². The molecule has 4 N–H and O–H groups in total. The Morgan fingerprint density at radius 1 is 1.67 bits per heavy atom. The molecule has 0 saturated carbocycles. The molecular formula is C11H21N3O. The molecule has 4 heteroatoms. The Hall–Kier alpha value is -1.21. The third kappa shape index (κ3) is 5.28. The Kier molecular flexibility index (Phi) is 5.80. The van der Waals surface area contributed by atoms with Gasteiger partial charge in [-0.15, -0.1) is 12.3 Å². The molecule has 1 atom stereocenters. The molecule has 0 saturated heterocycles. The minimum atomic E-state index is -0.294. The van der Waals surface area contributed by atoms with Gasteiger partial charge >= 0.3 is 0 Å². The minimum Gasteiger partial charge on any atom is -0.409 e. The molecule has 1 unspecified atom stereocenters. The van der Waals surface area contributed by atoms with E-state index in [1.165, 1.54) is 0 Å².